The molecule has 1 atom stereocenters. The molecule has 7 nitrogen and oxygen atoms in total. The highest BCUT2D eigenvalue weighted by atomic mass is 32.2. The Bertz CT molecular complexity index is 513. The third kappa shape index (κ3) is 4.41. The van der Waals surface area contributed by atoms with Crippen LogP contribution < -0.4 is 10.6 Å². The van der Waals surface area contributed by atoms with Crippen LogP contribution >= 0.6 is 0 Å². The molecule has 1 aliphatic heterocycles. The van der Waals surface area contributed by atoms with Gasteiger partial charge in [0.05, 0.1) is 23.6 Å². The average molecular weight is 320 g/mol. The molecule has 0 spiro atoms. The molecule has 122 valence electrons. The van der Waals surface area contributed by atoms with E-state index < -0.39 is 26.9 Å². The van der Waals surface area contributed by atoms with Crippen LogP contribution in [-0.4, -0.2) is 54.5 Å². The SMILES string of the molecule is CCC(CC)(NCC(=O)NC1(C)CCS(=O)(=O)C1)C(=O)O. The maximum Gasteiger partial charge on any atom is 0.323 e. The topological polar surface area (TPSA) is 113 Å². The number of hydrogen-bond acceptors (Lipinski definition) is 5. The molecule has 1 amide bonds. The van der Waals surface area contributed by atoms with Crippen molar-refractivity contribution in [1.82, 2.24) is 10.6 Å². The summed E-state index contributed by atoms with van der Waals surface area (Å²) < 4.78 is 23.0. The standard InChI is InChI=1S/C13H24N2O5S/c1-4-13(5-2,11(17)18)14-8-10(16)15-12(3)6-7-21(19,20)9-12/h14H,4-9H2,1-3H3,(H,15,16)(H,17,18). The van der Waals surface area contributed by atoms with E-state index in [0.717, 1.165) is 0 Å². The minimum atomic E-state index is -3.09. The lowest BCUT2D eigenvalue weighted by atomic mass is 9.93. The second-order valence-corrected chi connectivity index (χ2v) is 8.08. The number of carboxylic acids is 1. The predicted molar refractivity (Wildman–Crippen MR) is 78.8 cm³/mol. The molecule has 0 aliphatic carbocycles. The summed E-state index contributed by atoms with van der Waals surface area (Å²) in [6.07, 6.45) is 1.10. The van der Waals surface area contributed by atoms with Gasteiger partial charge in [-0.1, -0.05) is 13.8 Å². The number of hydrogen-bond donors (Lipinski definition) is 3. The van der Waals surface area contributed by atoms with E-state index in [1.54, 1.807) is 20.8 Å². The number of sulfone groups is 1. The zero-order valence-corrected chi connectivity index (χ0v) is 13.5. The van der Waals surface area contributed by atoms with Crippen molar-refractivity contribution in [2.45, 2.75) is 51.1 Å². The van der Waals surface area contributed by atoms with Crippen LogP contribution in [0.15, 0.2) is 0 Å². The van der Waals surface area contributed by atoms with Gasteiger partial charge >= 0.3 is 5.97 Å². The average Bonchev–Trinajstić information content (AvgIpc) is 2.64. The fourth-order valence-electron chi connectivity index (χ4n) is 2.62. The second kappa shape index (κ2) is 6.31. The minimum absolute atomic E-state index is 0.0696. The first-order valence-corrected chi connectivity index (χ1v) is 8.90. The quantitative estimate of drug-likeness (QED) is 0.604. The largest absolute Gasteiger partial charge is 0.480 e. The van der Waals surface area contributed by atoms with Crippen LogP contribution in [0.5, 0.6) is 0 Å². The zero-order chi connectivity index (χ0) is 16.3. The molecule has 1 aliphatic rings. The van der Waals surface area contributed by atoms with Crippen molar-refractivity contribution >= 4 is 21.7 Å². The molecule has 21 heavy (non-hydrogen) atoms. The van der Waals surface area contributed by atoms with E-state index in [9.17, 15) is 23.1 Å². The first-order chi connectivity index (χ1) is 9.58. The Labute approximate surface area is 125 Å². The maximum atomic E-state index is 12.0. The summed E-state index contributed by atoms with van der Waals surface area (Å²) in [4.78, 5) is 23.3. The lowest BCUT2D eigenvalue weighted by Gasteiger charge is -2.29. The van der Waals surface area contributed by atoms with Gasteiger partial charge in [0, 0.05) is 0 Å². The van der Waals surface area contributed by atoms with Crippen LogP contribution in [0.4, 0.5) is 0 Å². The maximum absolute atomic E-state index is 12.0. The Morgan fingerprint density at radius 2 is 1.86 bits per heavy atom. The molecule has 0 aromatic carbocycles. The molecular formula is C13H24N2O5S. The Hall–Kier alpha value is -1.15. The Morgan fingerprint density at radius 1 is 1.29 bits per heavy atom. The van der Waals surface area contributed by atoms with E-state index in [-0.39, 0.29) is 24.0 Å². The van der Waals surface area contributed by atoms with E-state index in [0.29, 0.717) is 19.3 Å². The van der Waals surface area contributed by atoms with Gasteiger partial charge in [-0.05, 0) is 26.2 Å². The Balaban J connectivity index is 2.61. The lowest BCUT2D eigenvalue weighted by molar-refractivity contribution is -0.145. The lowest BCUT2D eigenvalue weighted by Crippen LogP contribution is -2.56. The first kappa shape index (κ1) is 17.9. The van der Waals surface area contributed by atoms with E-state index in [4.69, 9.17) is 0 Å². The molecule has 0 bridgehead atoms. The van der Waals surface area contributed by atoms with E-state index in [2.05, 4.69) is 10.6 Å². The number of carboxylic acid groups (broad SMARTS) is 1. The van der Waals surface area contributed by atoms with Crippen molar-refractivity contribution in [2.75, 3.05) is 18.1 Å². The summed E-state index contributed by atoms with van der Waals surface area (Å²) in [5, 5.41) is 14.7. The molecule has 0 radical (unpaired) electrons. The van der Waals surface area contributed by atoms with Crippen LogP contribution in [0.1, 0.15) is 40.0 Å². The smallest absolute Gasteiger partial charge is 0.323 e. The highest BCUT2D eigenvalue weighted by Gasteiger charge is 2.40. The molecule has 1 saturated heterocycles. The van der Waals surface area contributed by atoms with Crippen LogP contribution in [0, 0.1) is 0 Å². The molecule has 1 rings (SSSR count). The van der Waals surface area contributed by atoms with Crippen LogP contribution in [-0.2, 0) is 19.4 Å². The van der Waals surface area contributed by atoms with Crippen LogP contribution in [0.25, 0.3) is 0 Å². The van der Waals surface area contributed by atoms with Gasteiger partial charge in [-0.3, -0.25) is 14.9 Å². The van der Waals surface area contributed by atoms with Crippen molar-refractivity contribution in [1.29, 1.82) is 0 Å². The molecule has 0 saturated carbocycles. The Morgan fingerprint density at radius 3 is 2.24 bits per heavy atom. The number of carbonyl (C=O) groups is 2. The normalized spacial score (nSPS) is 24.7. The van der Waals surface area contributed by atoms with Gasteiger partial charge < -0.3 is 10.4 Å². The predicted octanol–water partition coefficient (Wildman–Crippen LogP) is -0.0872. The second-order valence-electron chi connectivity index (χ2n) is 5.90. The minimum Gasteiger partial charge on any atom is -0.480 e. The van der Waals surface area contributed by atoms with Crippen molar-refractivity contribution in [3.05, 3.63) is 0 Å². The van der Waals surface area contributed by atoms with Crippen molar-refractivity contribution < 1.29 is 23.1 Å². The van der Waals surface area contributed by atoms with E-state index >= 15 is 0 Å². The molecule has 0 aromatic heterocycles. The summed E-state index contributed by atoms with van der Waals surface area (Å²) in [7, 11) is -3.09. The molecule has 1 fully saturated rings. The summed E-state index contributed by atoms with van der Waals surface area (Å²) in [6.45, 7) is 5.03. The number of rotatable bonds is 7. The fraction of sp³-hybridized carbons (Fsp3) is 0.846. The molecule has 3 N–H and O–H groups in total. The zero-order valence-electron chi connectivity index (χ0n) is 12.7. The molecule has 1 heterocycles. The van der Waals surface area contributed by atoms with Crippen molar-refractivity contribution in [3.8, 4) is 0 Å². The number of amides is 1. The van der Waals surface area contributed by atoms with Gasteiger partial charge in [-0.15, -0.1) is 0 Å². The first-order valence-electron chi connectivity index (χ1n) is 7.08. The summed E-state index contributed by atoms with van der Waals surface area (Å²) in [5.74, 6) is -1.38. The summed E-state index contributed by atoms with van der Waals surface area (Å²) >= 11 is 0. The highest BCUT2D eigenvalue weighted by Crippen LogP contribution is 2.22. The van der Waals surface area contributed by atoms with Crippen molar-refractivity contribution in [3.63, 3.8) is 0 Å². The van der Waals surface area contributed by atoms with Crippen LogP contribution in [0.2, 0.25) is 0 Å². The van der Waals surface area contributed by atoms with Gasteiger partial charge in [-0.2, -0.15) is 0 Å². The van der Waals surface area contributed by atoms with Gasteiger partial charge in [0.1, 0.15) is 5.54 Å². The number of nitrogens with one attached hydrogen (secondary N) is 2. The van der Waals surface area contributed by atoms with E-state index in [1.807, 2.05) is 0 Å². The highest BCUT2D eigenvalue weighted by molar-refractivity contribution is 7.91. The fourth-order valence-corrected chi connectivity index (χ4v) is 4.71. The third-order valence-corrected chi connectivity index (χ3v) is 6.05. The molecular weight excluding hydrogens is 296 g/mol. The van der Waals surface area contributed by atoms with Crippen molar-refractivity contribution in [2.24, 2.45) is 0 Å². The van der Waals surface area contributed by atoms with Gasteiger partial charge in [0.2, 0.25) is 5.91 Å². The molecule has 8 heteroatoms. The van der Waals surface area contributed by atoms with Gasteiger partial charge in [-0.25, -0.2) is 8.42 Å². The van der Waals surface area contributed by atoms with Gasteiger partial charge in [0.15, 0.2) is 9.84 Å². The summed E-state index contributed by atoms with van der Waals surface area (Å²) in [6, 6.07) is 0. The Kier molecular flexibility index (Phi) is 5.38. The van der Waals surface area contributed by atoms with E-state index in [1.165, 1.54) is 0 Å². The monoisotopic (exact) mass is 320 g/mol. The number of aliphatic carboxylic acids is 1. The third-order valence-electron chi connectivity index (χ3n) is 4.15. The van der Waals surface area contributed by atoms with Crippen LogP contribution in [0.3, 0.4) is 0 Å². The number of carbonyl (C=O) groups excluding carboxylic acids is 1. The molecule has 0 aromatic rings. The van der Waals surface area contributed by atoms with Gasteiger partial charge in [0.25, 0.3) is 0 Å². The summed E-state index contributed by atoms with van der Waals surface area (Å²) in [5.41, 5.74) is -1.89. The molecule has 1 unspecified atom stereocenters.